The molecule has 0 heterocycles. The zero-order valence-corrected chi connectivity index (χ0v) is 20.8. The van der Waals surface area contributed by atoms with E-state index < -0.39 is 11.9 Å². The van der Waals surface area contributed by atoms with Crippen LogP contribution >= 0.6 is 12.2 Å². The highest BCUT2D eigenvalue weighted by Crippen LogP contribution is 2.23. The summed E-state index contributed by atoms with van der Waals surface area (Å²) in [5.41, 5.74) is 3.56. The molecule has 0 fully saturated rings. The van der Waals surface area contributed by atoms with Gasteiger partial charge in [-0.05, 0) is 77.8 Å². The number of hydrogen-bond donors (Lipinski definition) is 3. The quantitative estimate of drug-likeness (QED) is 0.339. The summed E-state index contributed by atoms with van der Waals surface area (Å²) >= 11 is 5.24. The number of benzene rings is 3. The number of carbonyl (C=O) groups is 3. The van der Waals surface area contributed by atoms with Crippen LogP contribution in [-0.4, -0.2) is 30.0 Å². The molecule has 3 aromatic carbocycles. The van der Waals surface area contributed by atoms with E-state index in [-0.39, 0.29) is 16.4 Å². The number of rotatable bonds is 5. The normalized spacial score (nSPS) is 10.7. The first-order valence-electron chi connectivity index (χ1n) is 10.9. The van der Waals surface area contributed by atoms with E-state index >= 15 is 0 Å². The number of methoxy groups -OCH3 is 1. The molecule has 3 aromatic rings. The summed E-state index contributed by atoms with van der Waals surface area (Å²) in [6.07, 6.45) is 0. The van der Waals surface area contributed by atoms with Crippen LogP contribution in [0.15, 0.2) is 72.8 Å². The van der Waals surface area contributed by atoms with E-state index in [4.69, 9.17) is 12.2 Å². The predicted octanol–water partition coefficient (Wildman–Crippen LogP) is 5.15. The van der Waals surface area contributed by atoms with Gasteiger partial charge in [-0.15, -0.1) is 0 Å². The molecule has 0 aliphatic heterocycles. The summed E-state index contributed by atoms with van der Waals surface area (Å²) in [6.45, 7) is 6.36. The molecule has 0 atom stereocenters. The minimum atomic E-state index is -0.483. The minimum Gasteiger partial charge on any atom is -0.465 e. The van der Waals surface area contributed by atoms with Crippen molar-refractivity contribution in [3.05, 3.63) is 95.1 Å². The number of nitrogens with one attached hydrogen (secondary N) is 3. The van der Waals surface area contributed by atoms with E-state index in [0.717, 1.165) is 5.56 Å². The molecule has 2 amide bonds. The fourth-order valence-corrected chi connectivity index (χ4v) is 3.42. The van der Waals surface area contributed by atoms with E-state index in [1.807, 2.05) is 12.1 Å². The van der Waals surface area contributed by atoms with E-state index in [1.54, 1.807) is 36.4 Å². The van der Waals surface area contributed by atoms with Gasteiger partial charge in [0.25, 0.3) is 11.8 Å². The van der Waals surface area contributed by atoms with Crippen molar-refractivity contribution in [3.8, 4) is 0 Å². The molecule has 180 valence electrons. The van der Waals surface area contributed by atoms with Crippen molar-refractivity contribution in [1.82, 2.24) is 5.32 Å². The smallest absolute Gasteiger partial charge is 0.337 e. The molecule has 0 aromatic heterocycles. The van der Waals surface area contributed by atoms with Gasteiger partial charge in [0.1, 0.15) is 0 Å². The van der Waals surface area contributed by atoms with E-state index in [9.17, 15) is 14.4 Å². The molecule has 0 saturated heterocycles. The van der Waals surface area contributed by atoms with Crippen LogP contribution in [0, 0.1) is 0 Å². The Morgan fingerprint density at radius 2 is 1.26 bits per heavy atom. The number of carbonyl (C=O) groups excluding carboxylic acids is 3. The van der Waals surface area contributed by atoms with Crippen molar-refractivity contribution >= 4 is 46.5 Å². The lowest BCUT2D eigenvalue weighted by Gasteiger charge is -2.19. The van der Waals surface area contributed by atoms with Gasteiger partial charge in [0, 0.05) is 22.5 Å². The van der Waals surface area contributed by atoms with Gasteiger partial charge >= 0.3 is 5.97 Å². The van der Waals surface area contributed by atoms with Gasteiger partial charge in [-0.1, -0.05) is 39.0 Å². The van der Waals surface area contributed by atoms with E-state index in [1.165, 1.54) is 31.4 Å². The first-order valence-corrected chi connectivity index (χ1v) is 11.3. The van der Waals surface area contributed by atoms with Gasteiger partial charge in [-0.3, -0.25) is 14.9 Å². The standard InChI is InChI=1S/C27H27N3O4S/c1-27(2,3)20-14-12-18(13-15-20)23(31)28-21-6-5-7-22(16-21)29-26(35)30-24(32)17-8-10-19(11-9-17)25(33)34-4/h5-16H,1-4H3,(H,28,31)(H2,29,30,32,35). The van der Waals surface area contributed by atoms with Crippen LogP contribution < -0.4 is 16.0 Å². The lowest BCUT2D eigenvalue weighted by Crippen LogP contribution is -2.34. The summed E-state index contributed by atoms with van der Waals surface area (Å²) < 4.78 is 4.65. The Bertz CT molecular complexity index is 1250. The van der Waals surface area contributed by atoms with Gasteiger partial charge in [-0.25, -0.2) is 4.79 Å². The van der Waals surface area contributed by atoms with Gasteiger partial charge in [-0.2, -0.15) is 0 Å². The van der Waals surface area contributed by atoms with Crippen LogP contribution in [-0.2, 0) is 10.2 Å². The molecule has 0 saturated carbocycles. The summed E-state index contributed by atoms with van der Waals surface area (Å²) in [6, 6.07) is 20.5. The molecule has 0 spiro atoms. The molecular weight excluding hydrogens is 462 g/mol. The monoisotopic (exact) mass is 489 g/mol. The molecule has 3 rings (SSSR count). The average molecular weight is 490 g/mol. The molecule has 8 heteroatoms. The van der Waals surface area contributed by atoms with Crippen molar-refractivity contribution in [2.24, 2.45) is 0 Å². The van der Waals surface area contributed by atoms with Crippen LogP contribution in [0.4, 0.5) is 11.4 Å². The molecule has 0 radical (unpaired) electrons. The zero-order valence-electron chi connectivity index (χ0n) is 20.0. The maximum absolute atomic E-state index is 12.7. The SMILES string of the molecule is COC(=O)c1ccc(C(=O)NC(=S)Nc2cccc(NC(=O)c3ccc(C(C)(C)C)cc3)c2)cc1. The maximum atomic E-state index is 12.7. The van der Waals surface area contributed by atoms with E-state index in [2.05, 4.69) is 41.5 Å². The molecule has 0 bridgehead atoms. The summed E-state index contributed by atoms with van der Waals surface area (Å²) in [7, 11) is 1.29. The Balaban J connectivity index is 1.59. The Morgan fingerprint density at radius 3 is 1.83 bits per heavy atom. The number of thiocarbonyl (C=S) groups is 1. The second kappa shape index (κ2) is 10.9. The molecule has 7 nitrogen and oxygen atoms in total. The topological polar surface area (TPSA) is 96.5 Å². The van der Waals surface area contributed by atoms with Crippen molar-refractivity contribution in [2.45, 2.75) is 26.2 Å². The van der Waals surface area contributed by atoms with Crippen molar-refractivity contribution < 1.29 is 19.1 Å². The summed E-state index contributed by atoms with van der Waals surface area (Å²) in [4.78, 5) is 36.6. The lowest BCUT2D eigenvalue weighted by atomic mass is 9.87. The van der Waals surface area contributed by atoms with Gasteiger partial charge < -0.3 is 15.4 Å². The van der Waals surface area contributed by atoms with Crippen LogP contribution in [0.1, 0.15) is 57.4 Å². The number of anilines is 2. The Labute approximate surface area is 209 Å². The summed E-state index contributed by atoms with van der Waals surface area (Å²) in [5, 5.41) is 8.48. The second-order valence-corrected chi connectivity index (χ2v) is 9.25. The molecule has 0 unspecified atom stereocenters. The zero-order chi connectivity index (χ0) is 25.6. The maximum Gasteiger partial charge on any atom is 0.337 e. The van der Waals surface area contributed by atoms with Crippen LogP contribution in [0.2, 0.25) is 0 Å². The molecule has 3 N–H and O–H groups in total. The highest BCUT2D eigenvalue weighted by Gasteiger charge is 2.15. The van der Waals surface area contributed by atoms with E-state index in [0.29, 0.717) is 28.1 Å². The number of ether oxygens (including phenoxy) is 1. The third kappa shape index (κ3) is 6.97. The fourth-order valence-electron chi connectivity index (χ4n) is 3.21. The molecular formula is C27H27N3O4S. The Kier molecular flexibility index (Phi) is 7.98. The largest absolute Gasteiger partial charge is 0.465 e. The molecule has 0 aliphatic rings. The number of esters is 1. The number of hydrogen-bond acceptors (Lipinski definition) is 5. The number of amides is 2. The third-order valence-corrected chi connectivity index (χ3v) is 5.39. The average Bonchev–Trinajstić information content (AvgIpc) is 2.83. The first kappa shape index (κ1) is 25.6. The van der Waals surface area contributed by atoms with Crippen molar-refractivity contribution in [2.75, 3.05) is 17.7 Å². The highest BCUT2D eigenvalue weighted by molar-refractivity contribution is 7.80. The second-order valence-electron chi connectivity index (χ2n) is 8.84. The van der Waals surface area contributed by atoms with Crippen LogP contribution in [0.3, 0.4) is 0 Å². The lowest BCUT2D eigenvalue weighted by molar-refractivity contribution is 0.0600. The Morgan fingerprint density at radius 1 is 0.743 bits per heavy atom. The van der Waals surface area contributed by atoms with Gasteiger partial charge in [0.2, 0.25) is 0 Å². The predicted molar refractivity (Wildman–Crippen MR) is 141 cm³/mol. The van der Waals surface area contributed by atoms with Gasteiger partial charge in [0.15, 0.2) is 5.11 Å². The van der Waals surface area contributed by atoms with Crippen LogP contribution in [0.5, 0.6) is 0 Å². The highest BCUT2D eigenvalue weighted by atomic mass is 32.1. The summed E-state index contributed by atoms with van der Waals surface area (Å²) in [5.74, 6) is -1.14. The van der Waals surface area contributed by atoms with Crippen LogP contribution in [0.25, 0.3) is 0 Å². The van der Waals surface area contributed by atoms with Crippen molar-refractivity contribution in [1.29, 1.82) is 0 Å². The fraction of sp³-hybridized carbons (Fsp3) is 0.185. The van der Waals surface area contributed by atoms with Crippen molar-refractivity contribution in [3.63, 3.8) is 0 Å². The van der Waals surface area contributed by atoms with Gasteiger partial charge in [0.05, 0.1) is 12.7 Å². The Hall–Kier alpha value is -4.04. The minimum absolute atomic E-state index is 0.00928. The first-order chi connectivity index (χ1) is 16.6. The molecule has 0 aliphatic carbocycles. The molecule has 35 heavy (non-hydrogen) atoms. The third-order valence-electron chi connectivity index (χ3n) is 5.19.